The fourth-order valence-corrected chi connectivity index (χ4v) is 3.11. The fraction of sp³-hybridized carbons (Fsp3) is 0.600. The second kappa shape index (κ2) is 3.06. The largest absolute Gasteiger partial charge is 0.365 e. The van der Waals surface area contributed by atoms with Crippen LogP contribution in [-0.4, -0.2) is 28.8 Å². The van der Waals surface area contributed by atoms with E-state index in [0.29, 0.717) is 29.1 Å². The molecular weight excluding hydrogens is 212 g/mol. The van der Waals surface area contributed by atoms with Gasteiger partial charge in [-0.1, -0.05) is 18.5 Å². The first-order valence-electron chi connectivity index (χ1n) is 5.19. The molecule has 2 bridgehead atoms. The maximum atomic E-state index is 6.07. The minimum Gasteiger partial charge on any atom is -0.365 e. The molecule has 1 saturated carbocycles. The molecule has 2 saturated heterocycles. The summed E-state index contributed by atoms with van der Waals surface area (Å²) in [6, 6.07) is 2.62. The maximum absolute atomic E-state index is 6.07. The van der Waals surface area contributed by atoms with E-state index >= 15 is 0 Å². The number of anilines is 1. The van der Waals surface area contributed by atoms with Crippen molar-refractivity contribution in [1.82, 2.24) is 10.2 Å². The van der Waals surface area contributed by atoms with E-state index in [2.05, 4.69) is 22.0 Å². The van der Waals surface area contributed by atoms with Crippen LogP contribution in [0, 0.1) is 11.8 Å². The molecular formula is C10H13ClN4. The van der Waals surface area contributed by atoms with E-state index in [9.17, 15) is 0 Å². The molecule has 4 rings (SSSR count). The van der Waals surface area contributed by atoms with Crippen molar-refractivity contribution in [3.8, 4) is 0 Å². The molecule has 3 unspecified atom stereocenters. The van der Waals surface area contributed by atoms with Gasteiger partial charge >= 0.3 is 0 Å². The van der Waals surface area contributed by atoms with Crippen LogP contribution in [0.4, 0.5) is 5.69 Å². The van der Waals surface area contributed by atoms with Crippen LogP contribution in [0.2, 0.25) is 5.15 Å². The predicted octanol–water partition coefficient (Wildman–Crippen LogP) is 0.912. The van der Waals surface area contributed by atoms with E-state index in [-0.39, 0.29) is 0 Å². The first-order chi connectivity index (χ1) is 7.18. The number of halogens is 1. The molecule has 5 heteroatoms. The van der Waals surface area contributed by atoms with Crippen molar-refractivity contribution in [2.45, 2.75) is 19.0 Å². The Labute approximate surface area is 93.4 Å². The van der Waals surface area contributed by atoms with E-state index in [1.165, 1.54) is 0 Å². The van der Waals surface area contributed by atoms with Gasteiger partial charge in [-0.3, -0.25) is 0 Å². The molecule has 2 aliphatic heterocycles. The summed E-state index contributed by atoms with van der Waals surface area (Å²) >= 11 is 5.83. The smallest absolute Gasteiger partial charge is 0.153 e. The van der Waals surface area contributed by atoms with Gasteiger partial charge in [-0.2, -0.15) is 5.10 Å². The second-order valence-electron chi connectivity index (χ2n) is 4.48. The Balaban J connectivity index is 1.91. The molecule has 80 valence electrons. The van der Waals surface area contributed by atoms with Crippen molar-refractivity contribution < 1.29 is 0 Å². The van der Waals surface area contributed by atoms with Crippen LogP contribution < -0.4 is 10.6 Å². The topological polar surface area (TPSA) is 55.0 Å². The minimum absolute atomic E-state index is 0.312. The van der Waals surface area contributed by atoms with E-state index in [4.69, 9.17) is 17.3 Å². The van der Waals surface area contributed by atoms with Gasteiger partial charge in [-0.15, -0.1) is 5.10 Å². The van der Waals surface area contributed by atoms with Crippen LogP contribution in [0.15, 0.2) is 12.3 Å². The molecule has 0 aromatic carbocycles. The van der Waals surface area contributed by atoms with Crippen molar-refractivity contribution >= 4 is 17.3 Å². The maximum Gasteiger partial charge on any atom is 0.153 e. The zero-order valence-electron chi connectivity index (χ0n) is 8.47. The van der Waals surface area contributed by atoms with Crippen molar-refractivity contribution in [2.24, 2.45) is 17.6 Å². The third kappa shape index (κ3) is 1.18. The van der Waals surface area contributed by atoms with Crippen LogP contribution >= 0.6 is 11.6 Å². The average Bonchev–Trinajstić information content (AvgIpc) is 2.74. The van der Waals surface area contributed by atoms with Crippen molar-refractivity contribution in [3.05, 3.63) is 17.4 Å². The molecule has 1 aromatic heterocycles. The van der Waals surface area contributed by atoms with Crippen LogP contribution in [0.3, 0.4) is 0 Å². The number of aromatic nitrogens is 2. The molecule has 1 aromatic rings. The highest BCUT2D eigenvalue weighted by Crippen LogP contribution is 2.46. The number of hydrogen-bond acceptors (Lipinski definition) is 4. The highest BCUT2D eigenvalue weighted by molar-refractivity contribution is 6.29. The third-order valence-corrected chi connectivity index (χ3v) is 4.00. The number of rotatable bonds is 1. The number of nitrogens with two attached hydrogens (primary N) is 1. The molecule has 2 N–H and O–H groups in total. The Morgan fingerprint density at radius 2 is 2.40 bits per heavy atom. The molecule has 3 aliphatic rings. The lowest BCUT2D eigenvalue weighted by Crippen LogP contribution is -2.56. The molecule has 1 aliphatic carbocycles. The predicted molar refractivity (Wildman–Crippen MR) is 58.8 cm³/mol. The van der Waals surface area contributed by atoms with Crippen LogP contribution in [0.1, 0.15) is 6.92 Å². The lowest BCUT2D eigenvalue weighted by molar-refractivity contribution is 0.198. The van der Waals surface area contributed by atoms with Gasteiger partial charge < -0.3 is 10.6 Å². The highest BCUT2D eigenvalue weighted by Gasteiger charge is 2.56. The Kier molecular flexibility index (Phi) is 1.91. The summed E-state index contributed by atoms with van der Waals surface area (Å²) in [6.07, 6.45) is 1.76. The van der Waals surface area contributed by atoms with Gasteiger partial charge in [0.05, 0.1) is 11.9 Å². The Bertz CT molecular complexity index is 387. The summed E-state index contributed by atoms with van der Waals surface area (Å²) in [5.74, 6) is 1.31. The first-order valence-corrected chi connectivity index (χ1v) is 5.57. The van der Waals surface area contributed by atoms with E-state index < -0.39 is 0 Å². The Hall–Kier alpha value is -0.870. The lowest BCUT2D eigenvalue weighted by Gasteiger charge is -2.40. The zero-order chi connectivity index (χ0) is 10.6. The summed E-state index contributed by atoms with van der Waals surface area (Å²) < 4.78 is 0. The van der Waals surface area contributed by atoms with E-state index in [1.54, 1.807) is 6.20 Å². The van der Waals surface area contributed by atoms with Gasteiger partial charge in [0, 0.05) is 24.7 Å². The van der Waals surface area contributed by atoms with Crippen LogP contribution in [0.5, 0.6) is 0 Å². The van der Waals surface area contributed by atoms with Crippen LogP contribution in [-0.2, 0) is 0 Å². The third-order valence-electron chi connectivity index (χ3n) is 3.81. The quantitative estimate of drug-likeness (QED) is 0.771. The highest BCUT2D eigenvalue weighted by atomic mass is 35.5. The molecule has 0 spiro atoms. The molecule has 0 amide bonds. The van der Waals surface area contributed by atoms with E-state index in [0.717, 1.165) is 12.2 Å². The van der Waals surface area contributed by atoms with Gasteiger partial charge in [-0.25, -0.2) is 0 Å². The fourth-order valence-electron chi connectivity index (χ4n) is 2.96. The number of hydrogen-bond donors (Lipinski definition) is 1. The van der Waals surface area contributed by atoms with Gasteiger partial charge in [-0.05, 0) is 11.8 Å². The number of nitrogens with zero attached hydrogens (tertiary/aromatic N) is 3. The lowest BCUT2D eigenvalue weighted by atomic mass is 9.71. The van der Waals surface area contributed by atoms with E-state index in [1.807, 2.05) is 6.07 Å². The monoisotopic (exact) mass is 224 g/mol. The summed E-state index contributed by atoms with van der Waals surface area (Å²) in [5, 5.41) is 8.06. The van der Waals surface area contributed by atoms with Gasteiger partial charge in [0.2, 0.25) is 0 Å². The van der Waals surface area contributed by atoms with Crippen LogP contribution in [0.25, 0.3) is 0 Å². The summed E-state index contributed by atoms with van der Waals surface area (Å²) in [6.45, 7) is 3.28. The van der Waals surface area contributed by atoms with Crippen molar-refractivity contribution in [3.63, 3.8) is 0 Å². The summed E-state index contributed by atoms with van der Waals surface area (Å²) in [5.41, 5.74) is 7.12. The minimum atomic E-state index is 0.312. The molecule has 3 heterocycles. The zero-order valence-corrected chi connectivity index (χ0v) is 9.22. The average molecular weight is 225 g/mol. The van der Waals surface area contributed by atoms with Gasteiger partial charge in [0.15, 0.2) is 5.15 Å². The van der Waals surface area contributed by atoms with Crippen molar-refractivity contribution in [2.75, 3.05) is 11.4 Å². The van der Waals surface area contributed by atoms with Gasteiger partial charge in [0.25, 0.3) is 0 Å². The molecule has 4 nitrogen and oxygen atoms in total. The standard InChI is InChI=1S/C10H13ClN4/c1-5-7-4-15(10(5)9(7)12)6-2-8(11)14-13-3-6/h2-3,5,7,9-10H,4,12H2,1H3/t5-,7?,9?,10?/m1/s1. The SMILES string of the molecule is C[C@@H]1C2CN(c3cnnc(Cl)c3)C1C2N. The molecule has 0 radical (unpaired) electrons. The Morgan fingerprint density at radius 3 is 2.93 bits per heavy atom. The molecule has 15 heavy (non-hydrogen) atoms. The summed E-state index contributed by atoms with van der Waals surface area (Å²) in [7, 11) is 0. The number of fused-ring (bicyclic) bond motifs is 1. The molecule has 4 atom stereocenters. The summed E-state index contributed by atoms with van der Waals surface area (Å²) in [4.78, 5) is 2.31. The molecule has 3 fully saturated rings. The first kappa shape index (κ1) is 9.36. The normalized spacial score (nSPS) is 37.9. The van der Waals surface area contributed by atoms with Gasteiger partial charge in [0.1, 0.15) is 0 Å². The van der Waals surface area contributed by atoms with Crippen molar-refractivity contribution in [1.29, 1.82) is 0 Å². The second-order valence-corrected chi connectivity index (χ2v) is 4.87. The Morgan fingerprint density at radius 1 is 1.60 bits per heavy atom.